The van der Waals surface area contributed by atoms with Gasteiger partial charge in [-0.3, -0.25) is 4.79 Å². The van der Waals surface area contributed by atoms with E-state index >= 15 is 0 Å². The van der Waals surface area contributed by atoms with E-state index in [2.05, 4.69) is 39.7 Å². The summed E-state index contributed by atoms with van der Waals surface area (Å²) in [4.78, 5) is 49.4. The molecule has 2 amide bonds. The van der Waals surface area contributed by atoms with Gasteiger partial charge in [-0.1, -0.05) is 93.6 Å². The second kappa shape index (κ2) is 14.9. The normalized spacial score (nSPS) is 20.2. The van der Waals surface area contributed by atoms with Crippen molar-refractivity contribution in [3.63, 3.8) is 0 Å². The minimum Gasteiger partial charge on any atom is -0.469 e. The number of oxazole rings is 2. The maximum Gasteiger partial charge on any atom is 0.408 e. The Hall–Kier alpha value is -6.55. The van der Waals surface area contributed by atoms with Crippen LogP contribution in [0.2, 0.25) is 0 Å². The molecule has 4 atom stereocenters. The van der Waals surface area contributed by atoms with E-state index in [1.165, 1.54) is 13.4 Å². The highest BCUT2D eigenvalue weighted by atomic mass is 16.5. The molecule has 5 heterocycles. The fraction of sp³-hybridized carbons (Fsp3) is 0.326. The zero-order valence-corrected chi connectivity index (χ0v) is 31.4. The Labute approximate surface area is 323 Å². The monoisotopic (exact) mass is 755 g/mol. The number of carbonyl (C=O) groups excluding carboxylic acids is 3. The molecular formula is C43H41N5O8. The third kappa shape index (κ3) is 6.40. The number of nitrogens with zero attached hydrogens (tertiary/aromatic N) is 2. The summed E-state index contributed by atoms with van der Waals surface area (Å²) in [7, 11) is 1.26. The predicted molar refractivity (Wildman–Crippen MR) is 204 cm³/mol. The largest absolute Gasteiger partial charge is 0.469 e. The quantitative estimate of drug-likeness (QED) is 0.0866. The van der Waals surface area contributed by atoms with Gasteiger partial charge in [-0.2, -0.15) is 0 Å². The number of amides is 2. The second-order valence-electron chi connectivity index (χ2n) is 14.4. The number of nitrogens with one attached hydrogen (secondary N) is 3. The summed E-state index contributed by atoms with van der Waals surface area (Å²) in [6, 6.07) is 19.1. The molecule has 286 valence electrons. The van der Waals surface area contributed by atoms with Crippen molar-refractivity contribution in [3.8, 4) is 29.2 Å². The van der Waals surface area contributed by atoms with Gasteiger partial charge in [0.2, 0.25) is 17.7 Å². The number of hydrogen-bond donors (Lipinski definition) is 3. The summed E-state index contributed by atoms with van der Waals surface area (Å²) in [6.07, 6.45) is 2.66. The summed E-state index contributed by atoms with van der Waals surface area (Å²) in [5.74, 6) is 6.40. The lowest BCUT2D eigenvalue weighted by molar-refractivity contribution is -0.124. The van der Waals surface area contributed by atoms with E-state index in [1.54, 1.807) is 0 Å². The van der Waals surface area contributed by atoms with Gasteiger partial charge in [0.05, 0.1) is 12.8 Å². The van der Waals surface area contributed by atoms with E-state index in [0.29, 0.717) is 11.5 Å². The van der Waals surface area contributed by atoms with Gasteiger partial charge < -0.3 is 39.0 Å². The molecule has 0 saturated carbocycles. The zero-order valence-electron chi connectivity index (χ0n) is 31.4. The molecule has 56 heavy (non-hydrogen) atoms. The van der Waals surface area contributed by atoms with Gasteiger partial charge in [-0.25, -0.2) is 19.6 Å². The number of benzene rings is 3. The molecule has 5 aromatic rings. The summed E-state index contributed by atoms with van der Waals surface area (Å²) in [5, 5.41) is 9.51. The van der Waals surface area contributed by atoms with Crippen LogP contribution in [0.1, 0.15) is 96.0 Å². The topological polar surface area (TPSA) is 167 Å². The minimum atomic E-state index is -1.18. The lowest BCUT2D eigenvalue weighted by Gasteiger charge is -2.28. The lowest BCUT2D eigenvalue weighted by Crippen LogP contribution is -2.49. The molecule has 3 N–H and O–H groups in total. The number of ether oxygens (including phenoxy) is 3. The van der Waals surface area contributed by atoms with Crippen LogP contribution in [-0.4, -0.2) is 47.3 Å². The van der Waals surface area contributed by atoms with E-state index < -0.39 is 41.7 Å². The van der Waals surface area contributed by atoms with E-state index in [9.17, 15) is 14.4 Å². The Morgan fingerprint density at radius 2 is 1.89 bits per heavy atom. The first kappa shape index (κ1) is 36.4. The number of unbranched alkanes of at least 4 members (excludes halogenated alkanes) is 2. The molecule has 13 nitrogen and oxygen atoms in total. The molecule has 0 aliphatic carbocycles. The number of esters is 1. The first-order valence-corrected chi connectivity index (χ1v) is 18.7. The van der Waals surface area contributed by atoms with Crippen molar-refractivity contribution in [1.82, 2.24) is 20.6 Å². The molecule has 4 bridgehead atoms. The number of methoxy groups -OCH3 is 1. The van der Waals surface area contributed by atoms with Gasteiger partial charge in [0.1, 0.15) is 36.1 Å². The van der Waals surface area contributed by atoms with E-state index in [1.807, 2.05) is 80.6 Å². The van der Waals surface area contributed by atoms with Crippen molar-refractivity contribution >= 4 is 23.7 Å². The third-order valence-electron chi connectivity index (χ3n) is 10.3. The highest BCUT2D eigenvalue weighted by molar-refractivity contribution is 5.88. The van der Waals surface area contributed by atoms with Crippen molar-refractivity contribution in [1.29, 1.82) is 0 Å². The van der Waals surface area contributed by atoms with Crippen molar-refractivity contribution < 1.29 is 37.4 Å². The van der Waals surface area contributed by atoms with Crippen molar-refractivity contribution in [2.75, 3.05) is 12.4 Å². The minimum absolute atomic E-state index is 0.0153. The first-order chi connectivity index (χ1) is 27.2. The molecule has 3 aliphatic heterocycles. The summed E-state index contributed by atoms with van der Waals surface area (Å²) in [5.41, 5.74) is 3.68. The number of carbonyl (C=O) groups is 3. The molecule has 0 fully saturated rings. The molecule has 1 spiro atoms. The number of rotatable bonds is 8. The van der Waals surface area contributed by atoms with Gasteiger partial charge in [-0.05, 0) is 35.6 Å². The average molecular weight is 756 g/mol. The van der Waals surface area contributed by atoms with E-state index in [0.717, 1.165) is 52.8 Å². The highest BCUT2D eigenvalue weighted by Gasteiger charge is 2.61. The zero-order chi connectivity index (χ0) is 39.0. The van der Waals surface area contributed by atoms with Crippen LogP contribution in [0.15, 0.2) is 81.8 Å². The van der Waals surface area contributed by atoms with Crippen LogP contribution in [0, 0.1) is 17.8 Å². The predicted octanol–water partition coefficient (Wildman–Crippen LogP) is 6.80. The number of anilines is 1. The highest BCUT2D eigenvalue weighted by Crippen LogP contribution is 2.60. The maximum absolute atomic E-state index is 14.2. The Morgan fingerprint density at radius 1 is 1.05 bits per heavy atom. The molecule has 1 unspecified atom stereocenters. The average Bonchev–Trinajstić information content (AvgIpc) is 3.99. The second-order valence-corrected chi connectivity index (χ2v) is 14.4. The van der Waals surface area contributed by atoms with Crippen LogP contribution in [0.25, 0.3) is 11.6 Å². The van der Waals surface area contributed by atoms with Gasteiger partial charge in [0.25, 0.3) is 0 Å². The maximum atomic E-state index is 14.2. The third-order valence-corrected chi connectivity index (χ3v) is 10.3. The van der Waals surface area contributed by atoms with Gasteiger partial charge in [0, 0.05) is 29.5 Å². The van der Waals surface area contributed by atoms with Gasteiger partial charge in [-0.15, -0.1) is 0 Å². The molecule has 8 rings (SSSR count). The van der Waals surface area contributed by atoms with E-state index in [4.69, 9.17) is 28.0 Å². The molecule has 3 aromatic carbocycles. The number of aromatic nitrogens is 2. The van der Waals surface area contributed by atoms with Gasteiger partial charge in [0.15, 0.2) is 23.4 Å². The van der Waals surface area contributed by atoms with E-state index in [-0.39, 0.29) is 42.1 Å². The summed E-state index contributed by atoms with van der Waals surface area (Å²) >= 11 is 0. The van der Waals surface area contributed by atoms with Crippen molar-refractivity contribution in [2.45, 2.75) is 76.8 Å². The number of alkyl carbamates (subject to hydrolysis) is 1. The fourth-order valence-corrected chi connectivity index (χ4v) is 7.54. The smallest absolute Gasteiger partial charge is 0.408 e. The van der Waals surface area contributed by atoms with Crippen LogP contribution in [0.5, 0.6) is 5.75 Å². The standard InChI is InChI=1S/C43H41N5O8/c1-5-6-7-11-15-27-16-12-17-28-34(27)48-41-43(28)29-20-26(18-19-32(29)55-41)21-30(45-42(51)54-22-25-13-9-8-10-14-25)37(49)46-33(24(2)3)39-47-35(36(43)56-39)38-44-31(23-53-38)40(50)52-4/h8-10,12-14,16-20,23-24,30,33,41,48H,5-7,21-22H2,1-4H3,(H,45,51)(H,46,49)/t30-,33-,41?,43-/m0/s1. The fourth-order valence-electron chi connectivity index (χ4n) is 7.54. The SMILES string of the molecule is CCCCC#Cc1cccc2c1NC1Oc3ccc4cc3[C@]21c1oc(nc1-c1nc(C(=O)OC)co1)[C@H](C(C)C)NC(=O)[C@@H](NC(=O)OCc1ccccc1)C4. The summed E-state index contributed by atoms with van der Waals surface area (Å²) < 4.78 is 30.0. The Bertz CT molecular complexity index is 2370. The molecular weight excluding hydrogens is 714 g/mol. The van der Waals surface area contributed by atoms with Crippen LogP contribution in [-0.2, 0) is 32.7 Å². The molecule has 2 aromatic heterocycles. The Kier molecular flexibility index (Phi) is 9.72. The Balaban J connectivity index is 1.30. The van der Waals surface area contributed by atoms with Crippen LogP contribution < -0.4 is 20.7 Å². The Morgan fingerprint density at radius 3 is 2.68 bits per heavy atom. The molecule has 0 radical (unpaired) electrons. The van der Waals surface area contributed by atoms with Crippen LogP contribution in [0.3, 0.4) is 0 Å². The van der Waals surface area contributed by atoms with Crippen molar-refractivity contribution in [2.24, 2.45) is 5.92 Å². The molecule has 0 saturated heterocycles. The summed E-state index contributed by atoms with van der Waals surface area (Å²) in [6.45, 7) is 6.02. The van der Waals surface area contributed by atoms with Crippen LogP contribution in [0.4, 0.5) is 10.5 Å². The first-order valence-electron chi connectivity index (χ1n) is 18.7. The lowest BCUT2D eigenvalue weighted by atomic mass is 9.72. The molecule has 13 heteroatoms. The number of hydrogen-bond acceptors (Lipinski definition) is 11. The molecule has 3 aliphatic rings. The van der Waals surface area contributed by atoms with Crippen molar-refractivity contribution in [3.05, 3.63) is 118 Å². The van der Waals surface area contributed by atoms with Crippen LogP contribution >= 0.6 is 0 Å². The number of para-hydroxylation sites is 1. The number of fused-ring (bicyclic) bond motifs is 4. The van der Waals surface area contributed by atoms with Gasteiger partial charge >= 0.3 is 12.1 Å².